The van der Waals surface area contributed by atoms with Crippen LogP contribution in [0.4, 0.5) is 13.2 Å². The van der Waals surface area contributed by atoms with E-state index in [1.165, 1.54) is 6.20 Å². The van der Waals surface area contributed by atoms with Gasteiger partial charge in [0.2, 0.25) is 5.89 Å². The van der Waals surface area contributed by atoms with Crippen LogP contribution >= 0.6 is 0 Å². The lowest BCUT2D eigenvalue weighted by molar-refractivity contribution is 0.483. The second-order valence-electron chi connectivity index (χ2n) is 2.99. The van der Waals surface area contributed by atoms with E-state index in [4.69, 9.17) is 4.42 Å². The second-order valence-corrected chi connectivity index (χ2v) is 2.99. The van der Waals surface area contributed by atoms with E-state index in [-0.39, 0.29) is 5.89 Å². The molecule has 2 nitrogen and oxygen atoms in total. The first-order valence-electron chi connectivity index (χ1n) is 4.16. The van der Waals surface area contributed by atoms with Crippen LogP contribution in [0.5, 0.6) is 0 Å². The van der Waals surface area contributed by atoms with Gasteiger partial charge in [-0.1, -0.05) is 0 Å². The first kappa shape index (κ1) is 9.76. The van der Waals surface area contributed by atoms with Crippen LogP contribution in [0.1, 0.15) is 5.76 Å². The zero-order valence-corrected chi connectivity index (χ0v) is 7.72. The third-order valence-corrected chi connectivity index (χ3v) is 1.88. The lowest BCUT2D eigenvalue weighted by Gasteiger charge is -2.00. The van der Waals surface area contributed by atoms with Crippen molar-refractivity contribution in [3.05, 3.63) is 41.5 Å². The number of nitrogens with zero attached hydrogens (tertiary/aromatic N) is 1. The SMILES string of the molecule is Cc1cnc(-c2c(F)ccc(F)c2F)o1. The van der Waals surface area contributed by atoms with Gasteiger partial charge in [0.15, 0.2) is 11.6 Å². The molecule has 0 amide bonds. The molecule has 0 bridgehead atoms. The number of oxazole rings is 1. The number of aryl methyl sites for hydroxylation is 1. The number of halogens is 3. The van der Waals surface area contributed by atoms with E-state index < -0.39 is 23.0 Å². The Bertz CT molecular complexity index is 507. The average molecular weight is 213 g/mol. The fraction of sp³-hybridized carbons (Fsp3) is 0.100. The molecule has 0 aliphatic heterocycles. The molecule has 2 aromatic rings. The van der Waals surface area contributed by atoms with Crippen LogP contribution in [0.15, 0.2) is 22.7 Å². The summed E-state index contributed by atoms with van der Waals surface area (Å²) in [7, 11) is 0. The Hall–Kier alpha value is -1.78. The van der Waals surface area contributed by atoms with Gasteiger partial charge in [-0.2, -0.15) is 0 Å². The normalized spacial score (nSPS) is 10.7. The molecule has 0 saturated carbocycles. The largest absolute Gasteiger partial charge is 0.441 e. The van der Waals surface area contributed by atoms with Crippen molar-refractivity contribution in [2.24, 2.45) is 0 Å². The molecule has 1 heterocycles. The fourth-order valence-corrected chi connectivity index (χ4v) is 1.19. The lowest BCUT2D eigenvalue weighted by Crippen LogP contribution is -1.93. The molecule has 0 fully saturated rings. The summed E-state index contributed by atoms with van der Waals surface area (Å²) in [5.41, 5.74) is -0.580. The van der Waals surface area contributed by atoms with Crippen LogP contribution in [0, 0.1) is 24.4 Å². The zero-order valence-electron chi connectivity index (χ0n) is 7.72. The third-order valence-electron chi connectivity index (χ3n) is 1.88. The molecule has 0 atom stereocenters. The van der Waals surface area contributed by atoms with Crippen molar-refractivity contribution in [2.75, 3.05) is 0 Å². The summed E-state index contributed by atoms with van der Waals surface area (Å²) in [6.45, 7) is 1.58. The van der Waals surface area contributed by atoms with Gasteiger partial charge in [0.05, 0.1) is 6.20 Å². The highest BCUT2D eigenvalue weighted by atomic mass is 19.2. The summed E-state index contributed by atoms with van der Waals surface area (Å²) < 4.78 is 44.2. The van der Waals surface area contributed by atoms with Crippen LogP contribution in [0.25, 0.3) is 11.5 Å². The van der Waals surface area contributed by atoms with Crippen molar-refractivity contribution in [1.29, 1.82) is 0 Å². The van der Waals surface area contributed by atoms with E-state index in [9.17, 15) is 13.2 Å². The molecule has 0 aliphatic carbocycles. The van der Waals surface area contributed by atoms with E-state index >= 15 is 0 Å². The highest BCUT2D eigenvalue weighted by molar-refractivity contribution is 5.55. The third kappa shape index (κ3) is 1.60. The minimum atomic E-state index is -1.29. The maximum absolute atomic E-state index is 13.2. The highest BCUT2D eigenvalue weighted by Crippen LogP contribution is 2.26. The summed E-state index contributed by atoms with van der Waals surface area (Å²) in [5.74, 6) is -3.20. The summed E-state index contributed by atoms with van der Waals surface area (Å²) in [4.78, 5) is 3.64. The molecule has 78 valence electrons. The van der Waals surface area contributed by atoms with E-state index in [1.54, 1.807) is 6.92 Å². The molecule has 5 heteroatoms. The average Bonchev–Trinajstić information content (AvgIpc) is 2.59. The Kier molecular flexibility index (Phi) is 2.22. The maximum atomic E-state index is 13.2. The minimum absolute atomic E-state index is 0.262. The van der Waals surface area contributed by atoms with Gasteiger partial charge in [-0.3, -0.25) is 0 Å². The van der Waals surface area contributed by atoms with Gasteiger partial charge in [-0.05, 0) is 19.1 Å². The summed E-state index contributed by atoms with van der Waals surface area (Å²) in [6, 6.07) is 1.54. The van der Waals surface area contributed by atoms with Crippen molar-refractivity contribution in [3.8, 4) is 11.5 Å². The molecule has 0 aliphatic rings. The van der Waals surface area contributed by atoms with Gasteiger partial charge in [0.1, 0.15) is 17.1 Å². The van der Waals surface area contributed by atoms with Crippen molar-refractivity contribution in [2.45, 2.75) is 6.92 Å². The molecule has 1 aromatic heterocycles. The van der Waals surface area contributed by atoms with Gasteiger partial charge in [0.25, 0.3) is 0 Å². The molecule has 0 radical (unpaired) electrons. The highest BCUT2D eigenvalue weighted by Gasteiger charge is 2.19. The lowest BCUT2D eigenvalue weighted by atomic mass is 10.2. The van der Waals surface area contributed by atoms with Crippen LogP contribution in [-0.4, -0.2) is 4.98 Å². The Labute approximate surface area is 83.4 Å². The molecular weight excluding hydrogens is 207 g/mol. The van der Waals surface area contributed by atoms with Crippen LogP contribution in [-0.2, 0) is 0 Å². The summed E-state index contributed by atoms with van der Waals surface area (Å²) in [5, 5.41) is 0. The molecule has 0 N–H and O–H groups in total. The number of benzene rings is 1. The fourth-order valence-electron chi connectivity index (χ4n) is 1.19. The van der Waals surface area contributed by atoms with Gasteiger partial charge in [-0.25, -0.2) is 18.2 Å². The van der Waals surface area contributed by atoms with Gasteiger partial charge in [-0.15, -0.1) is 0 Å². The van der Waals surface area contributed by atoms with Gasteiger partial charge < -0.3 is 4.42 Å². The topological polar surface area (TPSA) is 26.0 Å². The quantitative estimate of drug-likeness (QED) is 0.680. The van der Waals surface area contributed by atoms with E-state index in [0.717, 1.165) is 6.07 Å². The zero-order chi connectivity index (χ0) is 11.0. The van der Waals surface area contributed by atoms with Crippen molar-refractivity contribution in [3.63, 3.8) is 0 Å². The van der Waals surface area contributed by atoms with Crippen molar-refractivity contribution >= 4 is 0 Å². The van der Waals surface area contributed by atoms with Crippen molar-refractivity contribution in [1.82, 2.24) is 4.98 Å². The Balaban J connectivity index is 2.66. The molecular formula is C10H6F3NO. The Morgan fingerprint density at radius 1 is 1.13 bits per heavy atom. The maximum Gasteiger partial charge on any atom is 0.232 e. The number of aromatic nitrogens is 1. The monoisotopic (exact) mass is 213 g/mol. The van der Waals surface area contributed by atoms with E-state index in [2.05, 4.69) is 4.98 Å². The van der Waals surface area contributed by atoms with Gasteiger partial charge >= 0.3 is 0 Å². The van der Waals surface area contributed by atoms with Crippen LogP contribution in [0.2, 0.25) is 0 Å². The smallest absolute Gasteiger partial charge is 0.232 e. The summed E-state index contributed by atoms with van der Waals surface area (Å²) in [6.07, 6.45) is 1.30. The predicted molar refractivity (Wildman–Crippen MR) is 46.6 cm³/mol. The molecule has 0 unspecified atom stereocenters. The molecule has 0 saturated heterocycles. The van der Waals surface area contributed by atoms with Gasteiger partial charge in [0, 0.05) is 0 Å². The van der Waals surface area contributed by atoms with E-state index in [0.29, 0.717) is 11.8 Å². The number of hydrogen-bond acceptors (Lipinski definition) is 2. The number of hydrogen-bond donors (Lipinski definition) is 0. The minimum Gasteiger partial charge on any atom is -0.441 e. The summed E-state index contributed by atoms with van der Waals surface area (Å²) >= 11 is 0. The van der Waals surface area contributed by atoms with Crippen LogP contribution < -0.4 is 0 Å². The first-order valence-corrected chi connectivity index (χ1v) is 4.16. The van der Waals surface area contributed by atoms with E-state index in [1.807, 2.05) is 0 Å². The standard InChI is InChI=1S/C10H6F3NO/c1-5-4-14-10(15-5)8-6(11)2-3-7(12)9(8)13/h2-4H,1H3. The molecule has 2 rings (SSSR count). The van der Waals surface area contributed by atoms with Crippen molar-refractivity contribution < 1.29 is 17.6 Å². The molecule has 0 spiro atoms. The first-order chi connectivity index (χ1) is 7.09. The number of rotatable bonds is 1. The van der Waals surface area contributed by atoms with Crippen LogP contribution in [0.3, 0.4) is 0 Å². The Morgan fingerprint density at radius 2 is 1.80 bits per heavy atom. The second kappa shape index (κ2) is 3.42. The Morgan fingerprint density at radius 3 is 2.40 bits per heavy atom. The molecule has 15 heavy (non-hydrogen) atoms. The molecule has 1 aromatic carbocycles. The predicted octanol–water partition coefficient (Wildman–Crippen LogP) is 3.07.